The minimum Gasteiger partial charge on any atom is -0.355 e. The predicted octanol–water partition coefficient (Wildman–Crippen LogP) is 5.56. The molecule has 5 heterocycles. The molecule has 0 unspecified atom stereocenters. The third kappa shape index (κ3) is 4.20. The van der Waals surface area contributed by atoms with Gasteiger partial charge in [-0.1, -0.05) is 6.07 Å². The van der Waals surface area contributed by atoms with Crippen LogP contribution in [0.25, 0.3) is 21.1 Å². The number of fused-ring (bicyclic) bond motifs is 2. The molecule has 2 aliphatic rings. The van der Waals surface area contributed by atoms with Gasteiger partial charge in [0.05, 0.1) is 11.8 Å². The van der Waals surface area contributed by atoms with Crippen molar-refractivity contribution in [1.29, 1.82) is 5.26 Å². The number of thiophene rings is 1. The van der Waals surface area contributed by atoms with Crippen LogP contribution in [0.1, 0.15) is 34.5 Å². The van der Waals surface area contributed by atoms with E-state index in [9.17, 15) is 18.4 Å². The lowest BCUT2D eigenvalue weighted by Gasteiger charge is -2.54. The summed E-state index contributed by atoms with van der Waals surface area (Å²) in [5.74, 6) is 0.755. The van der Waals surface area contributed by atoms with Crippen molar-refractivity contribution >= 4 is 38.3 Å². The molecule has 6 nitrogen and oxygen atoms in total. The summed E-state index contributed by atoms with van der Waals surface area (Å²) in [4.78, 5) is 17.4. The van der Waals surface area contributed by atoms with Crippen LogP contribution in [0.2, 0.25) is 0 Å². The molecule has 0 aliphatic carbocycles. The van der Waals surface area contributed by atoms with Crippen molar-refractivity contribution in [1.82, 2.24) is 19.9 Å². The average molecular weight is 511 g/mol. The van der Waals surface area contributed by atoms with E-state index < -0.39 is 12.6 Å². The number of anilines is 1. The van der Waals surface area contributed by atoms with Crippen molar-refractivity contribution in [3.63, 3.8) is 0 Å². The summed E-state index contributed by atoms with van der Waals surface area (Å²) in [5, 5.41) is 11.0. The number of benzene rings is 1. The van der Waals surface area contributed by atoms with E-state index in [1.807, 2.05) is 6.07 Å². The van der Waals surface area contributed by atoms with Gasteiger partial charge < -0.3 is 9.88 Å². The second kappa shape index (κ2) is 8.46. The zero-order valence-corrected chi connectivity index (χ0v) is 20.6. The summed E-state index contributed by atoms with van der Waals surface area (Å²) in [6.07, 6.45) is -1.52. The van der Waals surface area contributed by atoms with Gasteiger partial charge in [0.25, 0.3) is 0 Å². The Balaban J connectivity index is 1.10. The van der Waals surface area contributed by atoms with Crippen LogP contribution in [0.3, 0.4) is 0 Å². The minimum atomic E-state index is -4.23. The molecule has 6 rings (SSSR count). The van der Waals surface area contributed by atoms with E-state index in [0.717, 1.165) is 79.0 Å². The Labute approximate surface area is 210 Å². The number of H-pyrrole nitrogens is 1. The molecule has 0 radical (unpaired) electrons. The summed E-state index contributed by atoms with van der Waals surface area (Å²) < 4.78 is 38.6. The van der Waals surface area contributed by atoms with E-state index in [0.29, 0.717) is 10.5 Å². The van der Waals surface area contributed by atoms with Gasteiger partial charge in [0.1, 0.15) is 28.7 Å². The number of hydrogen-bond acceptors (Lipinski definition) is 6. The van der Waals surface area contributed by atoms with E-state index in [1.165, 1.54) is 17.5 Å². The van der Waals surface area contributed by atoms with E-state index >= 15 is 0 Å². The number of nitrogens with zero attached hydrogens (tertiary/aromatic N) is 5. The van der Waals surface area contributed by atoms with Gasteiger partial charge in [0, 0.05) is 40.8 Å². The fourth-order valence-electron chi connectivity index (χ4n) is 5.71. The number of likely N-dealkylation sites (tertiary alicyclic amines) is 1. The Morgan fingerprint density at radius 3 is 2.64 bits per heavy atom. The molecule has 0 saturated carbocycles. The highest BCUT2D eigenvalue weighted by Crippen LogP contribution is 2.44. The average Bonchev–Trinajstić information content (AvgIpc) is 3.42. The van der Waals surface area contributed by atoms with Crippen LogP contribution in [0.5, 0.6) is 0 Å². The van der Waals surface area contributed by atoms with Gasteiger partial charge in [0.2, 0.25) is 0 Å². The molecular formula is C26H25F3N6S. The molecule has 0 atom stereocenters. The normalized spacial score (nSPS) is 18.1. The molecule has 1 spiro atoms. The van der Waals surface area contributed by atoms with Crippen molar-refractivity contribution in [3.05, 3.63) is 52.3 Å². The first kappa shape index (κ1) is 23.3. The molecule has 1 aromatic carbocycles. The molecule has 36 heavy (non-hydrogen) atoms. The van der Waals surface area contributed by atoms with Crippen LogP contribution >= 0.6 is 11.3 Å². The quantitative estimate of drug-likeness (QED) is 0.389. The Morgan fingerprint density at radius 1 is 1.14 bits per heavy atom. The fraction of sp³-hybridized carbons (Fsp3) is 0.423. The molecule has 2 aliphatic heterocycles. The van der Waals surface area contributed by atoms with Crippen LogP contribution in [-0.4, -0.2) is 52.2 Å². The van der Waals surface area contributed by atoms with E-state index in [1.54, 1.807) is 6.07 Å². The predicted molar refractivity (Wildman–Crippen MR) is 134 cm³/mol. The minimum absolute atomic E-state index is 0.236. The Bertz CT molecular complexity index is 1480. The maximum atomic E-state index is 12.9. The number of aromatic amines is 1. The Hall–Kier alpha value is -3.16. The zero-order valence-electron chi connectivity index (χ0n) is 19.8. The first-order valence-electron chi connectivity index (χ1n) is 12.0. The molecule has 3 aromatic heterocycles. The summed E-state index contributed by atoms with van der Waals surface area (Å²) in [6.45, 7) is 6.78. The van der Waals surface area contributed by atoms with Gasteiger partial charge in [-0.15, -0.1) is 11.3 Å². The standard InChI is InChI=1S/C26H25F3N6S/c1-16-17(2-3-22-20(16)8-18(11-30)33-22)12-34-6-4-25(5-7-34)13-35(14-25)23-21-9-19(10-26(27,28)29)36-24(21)32-15-31-23/h2-3,8-9,15,33H,4-7,10,12-14H2,1H3. The number of nitrogens with one attached hydrogen (secondary N) is 1. The lowest BCUT2D eigenvalue weighted by Crippen LogP contribution is -2.60. The van der Waals surface area contributed by atoms with Crippen LogP contribution < -0.4 is 4.90 Å². The van der Waals surface area contributed by atoms with E-state index in [2.05, 4.69) is 49.9 Å². The highest BCUT2D eigenvalue weighted by molar-refractivity contribution is 7.18. The molecule has 2 saturated heterocycles. The second-order valence-corrected chi connectivity index (χ2v) is 11.3. The van der Waals surface area contributed by atoms with E-state index in [-0.39, 0.29) is 10.3 Å². The highest BCUT2D eigenvalue weighted by Gasteiger charge is 2.45. The molecule has 4 aromatic rings. The Morgan fingerprint density at radius 2 is 1.92 bits per heavy atom. The van der Waals surface area contributed by atoms with Crippen LogP contribution in [0, 0.1) is 23.7 Å². The van der Waals surface area contributed by atoms with Crippen LogP contribution in [0.15, 0.2) is 30.6 Å². The first-order chi connectivity index (χ1) is 17.2. The van der Waals surface area contributed by atoms with Gasteiger partial charge >= 0.3 is 6.18 Å². The van der Waals surface area contributed by atoms with Crippen molar-refractivity contribution in [2.24, 2.45) is 5.41 Å². The summed E-state index contributed by atoms with van der Waals surface area (Å²) in [5.41, 5.74) is 4.32. The number of aromatic nitrogens is 3. The number of nitriles is 1. The molecule has 0 bridgehead atoms. The molecule has 186 valence electrons. The third-order valence-corrected chi connectivity index (χ3v) is 8.75. The molecular weight excluding hydrogens is 485 g/mol. The van der Waals surface area contributed by atoms with Gasteiger partial charge in [-0.05, 0) is 62.2 Å². The van der Waals surface area contributed by atoms with Crippen molar-refractivity contribution < 1.29 is 13.2 Å². The van der Waals surface area contributed by atoms with E-state index in [4.69, 9.17) is 0 Å². The summed E-state index contributed by atoms with van der Waals surface area (Å²) in [7, 11) is 0. The SMILES string of the molecule is Cc1c(CN2CCC3(CC2)CN(c2ncnc4sc(CC(F)(F)F)cc24)C3)ccc2[nH]c(C#N)cc12. The van der Waals surface area contributed by atoms with Gasteiger partial charge in [-0.3, -0.25) is 4.90 Å². The zero-order chi connectivity index (χ0) is 25.1. The van der Waals surface area contributed by atoms with Gasteiger partial charge in [-0.25, -0.2) is 9.97 Å². The lowest BCUT2D eigenvalue weighted by atomic mass is 9.72. The number of rotatable bonds is 4. The third-order valence-electron chi connectivity index (χ3n) is 7.70. The maximum Gasteiger partial charge on any atom is 0.393 e. The monoisotopic (exact) mass is 510 g/mol. The lowest BCUT2D eigenvalue weighted by molar-refractivity contribution is -0.126. The first-order valence-corrected chi connectivity index (χ1v) is 12.8. The molecule has 2 fully saturated rings. The van der Waals surface area contributed by atoms with Gasteiger partial charge in [0.15, 0.2) is 0 Å². The number of hydrogen-bond donors (Lipinski definition) is 1. The fourth-order valence-corrected chi connectivity index (χ4v) is 6.73. The van der Waals surface area contributed by atoms with Gasteiger partial charge in [-0.2, -0.15) is 18.4 Å². The topological polar surface area (TPSA) is 71.8 Å². The largest absolute Gasteiger partial charge is 0.393 e. The summed E-state index contributed by atoms with van der Waals surface area (Å²) >= 11 is 1.10. The van der Waals surface area contributed by atoms with Crippen LogP contribution in [-0.2, 0) is 13.0 Å². The number of alkyl halides is 3. The molecule has 1 N–H and O–H groups in total. The highest BCUT2D eigenvalue weighted by atomic mass is 32.1. The second-order valence-electron chi connectivity index (χ2n) is 10.2. The van der Waals surface area contributed by atoms with Crippen molar-refractivity contribution in [2.75, 3.05) is 31.1 Å². The molecule has 10 heteroatoms. The maximum absolute atomic E-state index is 12.9. The van der Waals surface area contributed by atoms with Crippen molar-refractivity contribution in [2.45, 2.75) is 38.9 Å². The smallest absolute Gasteiger partial charge is 0.355 e. The number of piperidine rings is 1. The Kier molecular flexibility index (Phi) is 5.46. The van der Waals surface area contributed by atoms with Crippen molar-refractivity contribution in [3.8, 4) is 6.07 Å². The van der Waals surface area contributed by atoms with Crippen LogP contribution in [0.4, 0.5) is 19.0 Å². The number of halogens is 3. The molecule has 0 amide bonds. The summed E-state index contributed by atoms with van der Waals surface area (Å²) in [6, 6.07) is 9.92. The number of aryl methyl sites for hydroxylation is 1.